The van der Waals surface area contributed by atoms with Crippen LogP contribution >= 0.6 is 11.3 Å². The van der Waals surface area contributed by atoms with Gasteiger partial charge in [-0.15, -0.1) is 11.3 Å². The van der Waals surface area contributed by atoms with E-state index in [1.807, 2.05) is 11.3 Å². The monoisotopic (exact) mass is 330 g/mol. The van der Waals surface area contributed by atoms with Crippen LogP contribution < -0.4 is 0 Å². The van der Waals surface area contributed by atoms with Gasteiger partial charge in [-0.2, -0.15) is 0 Å². The Morgan fingerprint density at radius 1 is 1.13 bits per heavy atom. The number of hydrogen-bond donors (Lipinski definition) is 0. The number of likely N-dealkylation sites (tertiary alicyclic amines) is 1. The van der Waals surface area contributed by atoms with Crippen LogP contribution in [0.3, 0.4) is 0 Å². The average Bonchev–Trinajstić information content (AvgIpc) is 3.12. The second-order valence-electron chi connectivity index (χ2n) is 7.12. The van der Waals surface area contributed by atoms with Crippen molar-refractivity contribution in [2.24, 2.45) is 0 Å². The molecule has 4 nitrogen and oxygen atoms in total. The van der Waals surface area contributed by atoms with Gasteiger partial charge in [0, 0.05) is 54.4 Å². The summed E-state index contributed by atoms with van der Waals surface area (Å²) in [5, 5.41) is 0. The van der Waals surface area contributed by atoms with Crippen LogP contribution in [-0.4, -0.2) is 46.0 Å². The lowest BCUT2D eigenvalue weighted by molar-refractivity contribution is 0.00661. The number of piperidine rings is 1. The van der Waals surface area contributed by atoms with E-state index in [9.17, 15) is 0 Å². The molecule has 0 unspecified atom stereocenters. The molecular formula is C18H26N4S. The smallest absolute Gasteiger partial charge is 0.129 e. The molecule has 0 radical (unpaired) electrons. The Labute approximate surface area is 142 Å². The van der Waals surface area contributed by atoms with Crippen molar-refractivity contribution >= 4 is 11.3 Å². The standard InChI is InChI=1S/C18H26N4S/c1-14-12-19-17-18(20(3)10-11-22(14)17)6-8-21(9-7-18)13-16-5-4-15(2)23-16/h4-5,12H,6-11,13H2,1-3H3. The number of nitrogens with zero attached hydrogens (tertiary/aromatic N) is 4. The molecule has 2 aromatic heterocycles. The zero-order chi connectivity index (χ0) is 16.0. The quantitative estimate of drug-likeness (QED) is 0.846. The lowest BCUT2D eigenvalue weighted by Crippen LogP contribution is -2.56. The minimum atomic E-state index is 0.147. The lowest BCUT2D eigenvalue weighted by Gasteiger charge is -2.49. The molecule has 5 heteroatoms. The molecular weight excluding hydrogens is 304 g/mol. The van der Waals surface area contributed by atoms with Crippen LogP contribution in [0.5, 0.6) is 0 Å². The van der Waals surface area contributed by atoms with Crippen molar-refractivity contribution < 1.29 is 0 Å². The van der Waals surface area contributed by atoms with Crippen LogP contribution in [-0.2, 0) is 18.6 Å². The summed E-state index contributed by atoms with van der Waals surface area (Å²) in [6.45, 7) is 10.0. The number of aromatic nitrogens is 2. The van der Waals surface area contributed by atoms with Crippen molar-refractivity contribution in [3.8, 4) is 0 Å². The van der Waals surface area contributed by atoms with Crippen LogP contribution in [0.2, 0.25) is 0 Å². The fourth-order valence-electron chi connectivity index (χ4n) is 4.23. The number of imidazole rings is 1. The molecule has 124 valence electrons. The summed E-state index contributed by atoms with van der Waals surface area (Å²) in [5.74, 6) is 1.30. The summed E-state index contributed by atoms with van der Waals surface area (Å²) in [6.07, 6.45) is 4.42. The Balaban J connectivity index is 1.52. The summed E-state index contributed by atoms with van der Waals surface area (Å²) in [5.41, 5.74) is 1.46. The summed E-state index contributed by atoms with van der Waals surface area (Å²) >= 11 is 1.93. The average molecular weight is 331 g/mol. The number of thiophene rings is 1. The van der Waals surface area contributed by atoms with Gasteiger partial charge < -0.3 is 4.57 Å². The maximum atomic E-state index is 4.80. The summed E-state index contributed by atoms with van der Waals surface area (Å²) in [4.78, 5) is 12.9. The van der Waals surface area contributed by atoms with Crippen LogP contribution in [0.4, 0.5) is 0 Å². The predicted molar refractivity (Wildman–Crippen MR) is 94.8 cm³/mol. The van der Waals surface area contributed by atoms with Crippen molar-refractivity contribution in [2.45, 2.75) is 45.3 Å². The van der Waals surface area contributed by atoms with Gasteiger partial charge in [0.15, 0.2) is 0 Å². The largest absolute Gasteiger partial charge is 0.329 e. The van der Waals surface area contributed by atoms with Crippen LogP contribution in [0.25, 0.3) is 0 Å². The third kappa shape index (κ3) is 2.55. The number of likely N-dealkylation sites (N-methyl/N-ethyl adjacent to an activating group) is 1. The molecule has 1 saturated heterocycles. The third-order valence-electron chi connectivity index (χ3n) is 5.72. The van der Waals surface area contributed by atoms with Gasteiger partial charge in [0.25, 0.3) is 0 Å². The Hall–Kier alpha value is -1.17. The SMILES string of the molecule is Cc1ccc(CN2CCC3(CC2)c2ncc(C)n2CCN3C)s1. The van der Waals surface area contributed by atoms with Gasteiger partial charge in [-0.3, -0.25) is 9.80 Å². The highest BCUT2D eigenvalue weighted by atomic mass is 32.1. The van der Waals surface area contributed by atoms with E-state index in [4.69, 9.17) is 4.98 Å². The Bertz CT molecular complexity index is 694. The fourth-order valence-corrected chi connectivity index (χ4v) is 5.16. The van der Waals surface area contributed by atoms with Gasteiger partial charge >= 0.3 is 0 Å². The highest BCUT2D eigenvalue weighted by Gasteiger charge is 2.45. The number of rotatable bonds is 2. The van der Waals surface area contributed by atoms with E-state index in [0.717, 1.165) is 32.7 Å². The summed E-state index contributed by atoms with van der Waals surface area (Å²) < 4.78 is 2.44. The molecule has 23 heavy (non-hydrogen) atoms. The summed E-state index contributed by atoms with van der Waals surface area (Å²) in [7, 11) is 2.28. The molecule has 4 rings (SSSR count). The van der Waals surface area contributed by atoms with Gasteiger partial charge in [-0.05, 0) is 45.9 Å². The third-order valence-corrected chi connectivity index (χ3v) is 6.71. The molecule has 0 bridgehead atoms. The molecule has 2 aromatic rings. The van der Waals surface area contributed by atoms with Crippen LogP contribution in [0.15, 0.2) is 18.3 Å². The van der Waals surface area contributed by atoms with Crippen molar-refractivity contribution in [3.05, 3.63) is 39.6 Å². The molecule has 2 aliphatic rings. The molecule has 0 aliphatic carbocycles. The van der Waals surface area contributed by atoms with Gasteiger partial charge in [-0.25, -0.2) is 4.98 Å². The maximum absolute atomic E-state index is 4.80. The minimum Gasteiger partial charge on any atom is -0.329 e. The second kappa shape index (κ2) is 5.72. The predicted octanol–water partition coefficient (Wildman–Crippen LogP) is 3.00. The van der Waals surface area contributed by atoms with Gasteiger partial charge in [0.2, 0.25) is 0 Å². The van der Waals surface area contributed by atoms with E-state index < -0.39 is 0 Å². The van der Waals surface area contributed by atoms with Crippen LogP contribution in [0, 0.1) is 13.8 Å². The fraction of sp³-hybridized carbons (Fsp3) is 0.611. The molecule has 0 saturated carbocycles. The molecule has 4 heterocycles. The Morgan fingerprint density at radius 2 is 1.91 bits per heavy atom. The number of fused-ring (bicyclic) bond motifs is 2. The molecule has 0 N–H and O–H groups in total. The highest BCUT2D eigenvalue weighted by Crippen LogP contribution is 2.40. The van der Waals surface area contributed by atoms with E-state index >= 15 is 0 Å². The first-order chi connectivity index (χ1) is 11.1. The zero-order valence-corrected chi connectivity index (χ0v) is 15.2. The van der Waals surface area contributed by atoms with E-state index in [2.05, 4.69) is 53.6 Å². The molecule has 1 spiro atoms. The van der Waals surface area contributed by atoms with E-state index in [-0.39, 0.29) is 5.54 Å². The normalized spacial score (nSPS) is 21.7. The van der Waals surface area contributed by atoms with Crippen molar-refractivity contribution in [1.29, 1.82) is 0 Å². The van der Waals surface area contributed by atoms with Gasteiger partial charge in [0.05, 0.1) is 5.54 Å². The number of hydrogen-bond acceptors (Lipinski definition) is 4. The summed E-state index contributed by atoms with van der Waals surface area (Å²) in [6, 6.07) is 4.52. The molecule has 0 aromatic carbocycles. The first kappa shape index (κ1) is 15.4. The van der Waals surface area contributed by atoms with E-state index in [0.29, 0.717) is 0 Å². The van der Waals surface area contributed by atoms with Crippen molar-refractivity contribution in [1.82, 2.24) is 19.4 Å². The Morgan fingerprint density at radius 3 is 2.61 bits per heavy atom. The first-order valence-electron chi connectivity index (χ1n) is 8.60. The van der Waals surface area contributed by atoms with E-state index in [1.54, 1.807) is 0 Å². The van der Waals surface area contributed by atoms with Crippen molar-refractivity contribution in [2.75, 3.05) is 26.7 Å². The molecule has 2 aliphatic heterocycles. The minimum absolute atomic E-state index is 0.147. The zero-order valence-electron chi connectivity index (χ0n) is 14.4. The molecule has 0 amide bonds. The maximum Gasteiger partial charge on any atom is 0.129 e. The van der Waals surface area contributed by atoms with Crippen LogP contribution in [0.1, 0.15) is 34.1 Å². The number of aryl methyl sites for hydroxylation is 2. The van der Waals surface area contributed by atoms with E-state index in [1.165, 1.54) is 34.1 Å². The lowest BCUT2D eigenvalue weighted by atomic mass is 9.83. The molecule has 1 fully saturated rings. The van der Waals surface area contributed by atoms with Crippen molar-refractivity contribution in [3.63, 3.8) is 0 Å². The van der Waals surface area contributed by atoms with Gasteiger partial charge in [-0.1, -0.05) is 0 Å². The van der Waals surface area contributed by atoms with Gasteiger partial charge in [0.1, 0.15) is 5.82 Å². The Kier molecular flexibility index (Phi) is 3.82. The highest BCUT2D eigenvalue weighted by molar-refractivity contribution is 7.11. The topological polar surface area (TPSA) is 24.3 Å². The first-order valence-corrected chi connectivity index (χ1v) is 9.42. The molecule has 0 atom stereocenters. The second-order valence-corrected chi connectivity index (χ2v) is 8.49.